The van der Waals surface area contributed by atoms with Crippen LogP contribution in [0.5, 0.6) is 0 Å². The van der Waals surface area contributed by atoms with E-state index in [1.807, 2.05) is 34.8 Å². The highest BCUT2D eigenvalue weighted by atomic mass is 32.1. The van der Waals surface area contributed by atoms with Crippen LogP contribution in [0.3, 0.4) is 0 Å². The minimum absolute atomic E-state index is 0.00979. The van der Waals surface area contributed by atoms with Gasteiger partial charge >= 0.3 is 0 Å². The van der Waals surface area contributed by atoms with E-state index in [4.69, 9.17) is 0 Å². The van der Waals surface area contributed by atoms with Crippen molar-refractivity contribution in [3.8, 4) is 52.9 Å². The lowest BCUT2D eigenvalue weighted by Gasteiger charge is -2.33. The van der Waals surface area contributed by atoms with E-state index in [0.717, 1.165) is 0 Å². The largest absolute Gasteiger partial charge is 0.135 e. The second-order valence-corrected chi connectivity index (χ2v) is 19.6. The lowest BCUT2D eigenvalue weighted by molar-refractivity contribution is 0.398. The average Bonchev–Trinajstić information content (AvgIpc) is 3.99. The van der Waals surface area contributed by atoms with Crippen LogP contribution in [0.2, 0.25) is 0 Å². The molecule has 0 atom stereocenters. The normalized spacial score (nSPS) is 12.8. The number of rotatable bonds is 20. The number of fused-ring (bicyclic) bond motifs is 3. The number of hydrogen-bond donors (Lipinski definition) is 0. The standard InChI is InChI=1S/C57H66S2/c1-9-13-15-17-19-21-31-57(32-22-20-18-16-14-10-2)51-37-43(53-27-29-55(58-53)45-33-39(5)47(11-3)40(6)34-45)23-25-49(51)50-26-24-44(38-52(50)57)54-28-30-56(59-54)46-35-41(7)48(12-4)42(8)36-46/h11-12,23-30,33-38H,3-4,9-10,13-22,31-32H2,1-2,5-8H3. The van der Waals surface area contributed by atoms with E-state index in [9.17, 15) is 0 Å². The first-order chi connectivity index (χ1) is 28.7. The van der Waals surface area contributed by atoms with Gasteiger partial charge in [-0.25, -0.2) is 0 Å². The monoisotopic (exact) mass is 814 g/mol. The van der Waals surface area contributed by atoms with Crippen LogP contribution in [0, 0.1) is 27.7 Å². The maximum Gasteiger partial charge on any atom is 0.0349 e. The second-order valence-electron chi connectivity index (χ2n) is 17.4. The number of benzene rings is 4. The molecule has 0 unspecified atom stereocenters. The number of aryl methyl sites for hydroxylation is 4. The average molecular weight is 815 g/mol. The van der Waals surface area contributed by atoms with Gasteiger partial charge in [0.1, 0.15) is 0 Å². The van der Waals surface area contributed by atoms with Gasteiger partial charge in [0.15, 0.2) is 0 Å². The molecule has 1 aliphatic rings. The molecule has 6 aromatic rings. The van der Waals surface area contributed by atoms with Gasteiger partial charge in [0.2, 0.25) is 0 Å². The highest BCUT2D eigenvalue weighted by molar-refractivity contribution is 7.19. The van der Waals surface area contributed by atoms with Crippen LogP contribution in [-0.4, -0.2) is 0 Å². The van der Waals surface area contributed by atoms with Gasteiger partial charge in [-0.2, -0.15) is 0 Å². The summed E-state index contributed by atoms with van der Waals surface area (Å²) < 4.78 is 0. The van der Waals surface area contributed by atoms with Gasteiger partial charge in [-0.05, 0) is 155 Å². The molecule has 2 heterocycles. The summed E-state index contributed by atoms with van der Waals surface area (Å²) in [5.74, 6) is 0. The van der Waals surface area contributed by atoms with Crippen molar-refractivity contribution >= 4 is 34.8 Å². The Morgan fingerprint density at radius 3 is 1.12 bits per heavy atom. The Kier molecular flexibility index (Phi) is 14.1. The Balaban J connectivity index is 1.29. The zero-order valence-electron chi connectivity index (χ0n) is 36.9. The van der Waals surface area contributed by atoms with Crippen LogP contribution in [0.4, 0.5) is 0 Å². The summed E-state index contributed by atoms with van der Waals surface area (Å²) in [5, 5.41) is 0. The molecular weight excluding hydrogens is 749 g/mol. The van der Waals surface area contributed by atoms with E-state index in [-0.39, 0.29) is 5.41 Å². The van der Waals surface area contributed by atoms with Crippen molar-refractivity contribution in [1.82, 2.24) is 0 Å². The molecule has 0 amide bonds. The third-order valence-corrected chi connectivity index (χ3v) is 15.6. The molecule has 4 aromatic carbocycles. The Morgan fingerprint density at radius 1 is 0.424 bits per heavy atom. The summed E-state index contributed by atoms with van der Waals surface area (Å²) in [6, 6.07) is 33.7. The van der Waals surface area contributed by atoms with E-state index in [1.54, 1.807) is 11.1 Å². The molecule has 0 spiro atoms. The molecule has 2 aromatic heterocycles. The van der Waals surface area contributed by atoms with Crippen molar-refractivity contribution in [1.29, 1.82) is 0 Å². The Hall–Kier alpha value is -4.24. The maximum absolute atomic E-state index is 4.07. The van der Waals surface area contributed by atoms with Crippen molar-refractivity contribution in [3.63, 3.8) is 0 Å². The highest BCUT2D eigenvalue weighted by Gasteiger charge is 2.42. The van der Waals surface area contributed by atoms with Gasteiger partial charge in [-0.15, -0.1) is 22.7 Å². The zero-order chi connectivity index (χ0) is 41.5. The smallest absolute Gasteiger partial charge is 0.0349 e. The zero-order valence-corrected chi connectivity index (χ0v) is 38.5. The molecule has 0 N–H and O–H groups in total. The Labute approximate surface area is 365 Å². The van der Waals surface area contributed by atoms with E-state index < -0.39 is 0 Å². The van der Waals surface area contributed by atoms with Gasteiger partial charge in [0, 0.05) is 24.9 Å². The summed E-state index contributed by atoms with van der Waals surface area (Å²) in [6.07, 6.45) is 22.3. The first-order valence-corrected chi connectivity index (χ1v) is 24.3. The maximum atomic E-state index is 4.07. The van der Waals surface area contributed by atoms with Crippen LogP contribution >= 0.6 is 22.7 Å². The minimum atomic E-state index is 0.00979. The van der Waals surface area contributed by atoms with Crippen LogP contribution in [0.15, 0.2) is 98.1 Å². The lowest BCUT2D eigenvalue weighted by Crippen LogP contribution is -2.25. The van der Waals surface area contributed by atoms with Crippen molar-refractivity contribution < 1.29 is 0 Å². The fourth-order valence-corrected chi connectivity index (χ4v) is 12.0. The van der Waals surface area contributed by atoms with Crippen molar-refractivity contribution in [2.24, 2.45) is 0 Å². The first kappa shape index (κ1) is 42.9. The predicted molar refractivity (Wildman–Crippen MR) is 265 cm³/mol. The molecule has 0 saturated heterocycles. The Morgan fingerprint density at radius 2 is 0.763 bits per heavy atom. The fourth-order valence-electron chi connectivity index (χ4n) is 10.1. The SMILES string of the molecule is C=Cc1c(C)cc(-c2ccc(-c3ccc4c(c3)C(CCCCCCCC)(CCCCCCCC)c3cc(-c5ccc(-c6cc(C)c(C=C)c(C)c6)s5)ccc3-4)s2)cc1C. The second kappa shape index (κ2) is 19.4. The van der Waals surface area contributed by atoms with Crippen LogP contribution in [0.25, 0.3) is 65.0 Å². The van der Waals surface area contributed by atoms with Crippen LogP contribution in [0.1, 0.15) is 148 Å². The molecule has 2 heteroatoms. The molecule has 7 rings (SSSR count). The van der Waals surface area contributed by atoms with E-state index >= 15 is 0 Å². The minimum Gasteiger partial charge on any atom is -0.135 e. The Bertz CT molecular complexity index is 2190. The number of unbranched alkanes of at least 4 members (excludes halogenated alkanes) is 10. The highest BCUT2D eigenvalue weighted by Crippen LogP contribution is 2.56. The molecule has 0 radical (unpaired) electrons. The third kappa shape index (κ3) is 9.11. The number of thiophene rings is 2. The molecule has 306 valence electrons. The quantitative estimate of drug-likeness (QED) is 0.0674. The molecule has 0 saturated carbocycles. The van der Waals surface area contributed by atoms with Crippen molar-refractivity contribution in [2.45, 2.75) is 137 Å². The summed E-state index contributed by atoms with van der Waals surface area (Å²) >= 11 is 3.86. The molecule has 1 aliphatic carbocycles. The van der Waals surface area contributed by atoms with E-state index in [0.29, 0.717) is 0 Å². The first-order valence-electron chi connectivity index (χ1n) is 22.7. The molecule has 0 nitrogen and oxygen atoms in total. The van der Waals surface area contributed by atoms with Gasteiger partial charge in [0.25, 0.3) is 0 Å². The topological polar surface area (TPSA) is 0 Å². The molecule has 0 fully saturated rings. The van der Waals surface area contributed by atoms with Crippen molar-refractivity contribution in [3.05, 3.63) is 143 Å². The summed E-state index contributed by atoms with van der Waals surface area (Å²) in [5.41, 5.74) is 19.1. The van der Waals surface area contributed by atoms with E-state index in [1.165, 1.54) is 176 Å². The fraction of sp³-hybridized carbons (Fsp3) is 0.368. The summed E-state index contributed by atoms with van der Waals surface area (Å²) in [6.45, 7) is 21.6. The molecule has 0 bridgehead atoms. The van der Waals surface area contributed by atoms with Gasteiger partial charge in [0.05, 0.1) is 0 Å². The predicted octanol–water partition coefficient (Wildman–Crippen LogP) is 18.8. The van der Waals surface area contributed by atoms with Gasteiger partial charge in [-0.3, -0.25) is 0 Å². The third-order valence-electron chi connectivity index (χ3n) is 13.2. The molecule has 0 aliphatic heterocycles. The lowest BCUT2D eigenvalue weighted by atomic mass is 9.70. The van der Waals surface area contributed by atoms with Gasteiger partial charge < -0.3 is 0 Å². The number of hydrogen-bond acceptors (Lipinski definition) is 2. The summed E-state index contributed by atoms with van der Waals surface area (Å²) in [4.78, 5) is 5.37. The van der Waals surface area contributed by atoms with Crippen molar-refractivity contribution in [2.75, 3.05) is 0 Å². The van der Waals surface area contributed by atoms with E-state index in [2.05, 4.69) is 140 Å². The summed E-state index contributed by atoms with van der Waals surface area (Å²) in [7, 11) is 0. The molecule has 59 heavy (non-hydrogen) atoms. The molecular formula is C57H66S2. The van der Waals surface area contributed by atoms with Crippen LogP contribution in [-0.2, 0) is 5.41 Å². The van der Waals surface area contributed by atoms with Gasteiger partial charge in [-0.1, -0.05) is 165 Å². The van der Waals surface area contributed by atoms with Crippen LogP contribution < -0.4 is 0 Å².